The molecule has 19 heavy (non-hydrogen) atoms. The van der Waals surface area contributed by atoms with E-state index < -0.39 is 5.97 Å². The van der Waals surface area contributed by atoms with Crippen LogP contribution in [0.4, 0.5) is 0 Å². The van der Waals surface area contributed by atoms with Crippen LogP contribution in [0.15, 0.2) is 36.4 Å². The van der Waals surface area contributed by atoms with E-state index in [1.54, 1.807) is 10.7 Å². The van der Waals surface area contributed by atoms with Crippen LogP contribution >= 0.6 is 22.9 Å². The zero-order valence-corrected chi connectivity index (χ0v) is 11.3. The quantitative estimate of drug-likeness (QED) is 0.804. The van der Waals surface area contributed by atoms with E-state index in [0.717, 1.165) is 10.4 Å². The molecule has 3 rings (SSSR count). The van der Waals surface area contributed by atoms with Crippen molar-refractivity contribution in [3.8, 4) is 0 Å². The third-order valence-electron chi connectivity index (χ3n) is 2.79. The van der Waals surface area contributed by atoms with Crippen molar-refractivity contribution in [3.05, 3.63) is 51.3 Å². The minimum Gasteiger partial charge on any atom is -0.476 e. The highest BCUT2D eigenvalue weighted by Crippen LogP contribution is 2.24. The van der Waals surface area contributed by atoms with E-state index in [1.807, 2.05) is 30.3 Å². The van der Waals surface area contributed by atoms with E-state index in [2.05, 4.69) is 5.10 Å². The van der Waals surface area contributed by atoms with Crippen molar-refractivity contribution in [3.63, 3.8) is 0 Å². The Labute approximate surface area is 117 Å². The molecule has 0 atom stereocenters. The van der Waals surface area contributed by atoms with Crippen molar-refractivity contribution in [2.75, 3.05) is 0 Å². The predicted molar refractivity (Wildman–Crippen MR) is 75.1 cm³/mol. The average Bonchev–Trinajstić information content (AvgIpc) is 2.95. The molecule has 0 aliphatic rings. The number of aromatic nitrogens is 2. The average molecular weight is 293 g/mol. The van der Waals surface area contributed by atoms with E-state index in [-0.39, 0.29) is 5.69 Å². The lowest BCUT2D eigenvalue weighted by Crippen LogP contribution is -2.03. The fourth-order valence-electron chi connectivity index (χ4n) is 1.99. The summed E-state index contributed by atoms with van der Waals surface area (Å²) < 4.78 is 2.41. The molecule has 0 unspecified atom stereocenters. The molecule has 1 N–H and O–H groups in total. The van der Waals surface area contributed by atoms with Crippen molar-refractivity contribution < 1.29 is 9.90 Å². The summed E-state index contributed by atoms with van der Waals surface area (Å²) in [6.45, 7) is 0.519. The zero-order chi connectivity index (χ0) is 13.4. The van der Waals surface area contributed by atoms with Gasteiger partial charge in [0.25, 0.3) is 0 Å². The van der Waals surface area contributed by atoms with E-state index >= 15 is 0 Å². The van der Waals surface area contributed by atoms with E-state index in [1.165, 1.54) is 11.3 Å². The molecular formula is C13H9ClN2O2S. The molecule has 0 spiro atoms. The highest BCUT2D eigenvalue weighted by atomic mass is 35.5. The monoisotopic (exact) mass is 292 g/mol. The first-order valence-electron chi connectivity index (χ1n) is 5.58. The van der Waals surface area contributed by atoms with Crippen molar-refractivity contribution >= 4 is 39.8 Å². The van der Waals surface area contributed by atoms with Gasteiger partial charge in [-0.3, -0.25) is 4.68 Å². The van der Waals surface area contributed by atoms with Gasteiger partial charge in [0, 0.05) is 10.3 Å². The van der Waals surface area contributed by atoms with Crippen LogP contribution in [0.1, 0.15) is 15.4 Å². The first kappa shape index (κ1) is 12.2. The highest BCUT2D eigenvalue weighted by molar-refractivity contribution is 7.16. The summed E-state index contributed by atoms with van der Waals surface area (Å²) in [6.07, 6.45) is 0. The van der Waals surface area contributed by atoms with Gasteiger partial charge in [-0.15, -0.1) is 11.3 Å². The van der Waals surface area contributed by atoms with E-state index in [4.69, 9.17) is 11.6 Å². The topological polar surface area (TPSA) is 55.1 Å². The molecule has 4 nitrogen and oxygen atoms in total. The Kier molecular flexibility index (Phi) is 3.00. The number of fused-ring (bicyclic) bond motifs is 1. The zero-order valence-electron chi connectivity index (χ0n) is 9.71. The van der Waals surface area contributed by atoms with Crippen LogP contribution in [0.5, 0.6) is 0 Å². The molecule has 1 aromatic carbocycles. The first-order chi connectivity index (χ1) is 9.15. The Bertz CT molecular complexity index is 763. The van der Waals surface area contributed by atoms with Crippen LogP contribution in [0.2, 0.25) is 4.34 Å². The van der Waals surface area contributed by atoms with Crippen LogP contribution in [-0.4, -0.2) is 20.9 Å². The van der Waals surface area contributed by atoms with Crippen molar-refractivity contribution in [1.29, 1.82) is 0 Å². The molecule has 2 aromatic heterocycles. The molecule has 0 aliphatic heterocycles. The maximum absolute atomic E-state index is 11.2. The number of para-hydroxylation sites is 1. The number of halogens is 1. The molecule has 0 amide bonds. The number of carbonyl (C=O) groups is 1. The SMILES string of the molecule is O=C(O)c1nn(Cc2ccc(Cl)s2)c2ccccc12. The maximum atomic E-state index is 11.2. The Morgan fingerprint density at radius 1 is 1.32 bits per heavy atom. The fourth-order valence-corrected chi connectivity index (χ4v) is 3.06. The summed E-state index contributed by atoms with van der Waals surface area (Å²) in [6, 6.07) is 11.1. The molecule has 0 saturated heterocycles. The lowest BCUT2D eigenvalue weighted by Gasteiger charge is -2.00. The normalized spacial score (nSPS) is 11.0. The number of benzene rings is 1. The van der Waals surface area contributed by atoms with Gasteiger partial charge in [-0.25, -0.2) is 4.79 Å². The Morgan fingerprint density at radius 2 is 2.11 bits per heavy atom. The smallest absolute Gasteiger partial charge is 0.357 e. The van der Waals surface area contributed by atoms with Gasteiger partial charge in [-0.1, -0.05) is 29.8 Å². The third-order valence-corrected chi connectivity index (χ3v) is 4.01. The fraction of sp³-hybridized carbons (Fsp3) is 0.0769. The Morgan fingerprint density at radius 3 is 2.79 bits per heavy atom. The molecule has 2 heterocycles. The number of hydrogen-bond donors (Lipinski definition) is 1. The van der Waals surface area contributed by atoms with Crippen LogP contribution in [0.25, 0.3) is 10.9 Å². The number of rotatable bonds is 3. The molecule has 0 aliphatic carbocycles. The van der Waals surface area contributed by atoms with Crippen molar-refractivity contribution in [2.45, 2.75) is 6.54 Å². The summed E-state index contributed by atoms with van der Waals surface area (Å²) in [4.78, 5) is 12.2. The van der Waals surface area contributed by atoms with Crippen molar-refractivity contribution in [1.82, 2.24) is 9.78 Å². The van der Waals surface area contributed by atoms with E-state index in [9.17, 15) is 9.90 Å². The molecule has 3 aromatic rings. The van der Waals surface area contributed by atoms with Gasteiger partial charge in [0.05, 0.1) is 16.4 Å². The Hall–Kier alpha value is -1.85. The minimum atomic E-state index is -1.01. The van der Waals surface area contributed by atoms with Crippen LogP contribution in [-0.2, 0) is 6.54 Å². The third kappa shape index (κ3) is 2.22. The second kappa shape index (κ2) is 4.68. The number of aromatic carboxylic acids is 1. The van der Waals surface area contributed by atoms with Crippen molar-refractivity contribution in [2.24, 2.45) is 0 Å². The molecular weight excluding hydrogens is 284 g/mol. The van der Waals surface area contributed by atoms with Gasteiger partial charge in [0.2, 0.25) is 0 Å². The minimum absolute atomic E-state index is 0.0817. The molecule has 6 heteroatoms. The molecule has 0 saturated carbocycles. The Balaban J connectivity index is 2.11. The second-order valence-corrected chi connectivity index (χ2v) is 5.83. The summed E-state index contributed by atoms with van der Waals surface area (Å²) >= 11 is 7.36. The highest BCUT2D eigenvalue weighted by Gasteiger charge is 2.16. The lowest BCUT2D eigenvalue weighted by atomic mass is 10.2. The van der Waals surface area contributed by atoms with Crippen LogP contribution in [0, 0.1) is 0 Å². The van der Waals surface area contributed by atoms with Gasteiger partial charge in [0.1, 0.15) is 0 Å². The summed E-state index contributed by atoms with van der Waals surface area (Å²) in [5.41, 5.74) is 0.891. The van der Waals surface area contributed by atoms with E-state index in [0.29, 0.717) is 16.3 Å². The largest absolute Gasteiger partial charge is 0.476 e. The number of nitrogens with zero attached hydrogens (tertiary/aromatic N) is 2. The predicted octanol–water partition coefficient (Wildman–Crippen LogP) is 3.50. The maximum Gasteiger partial charge on any atom is 0.357 e. The number of carboxylic acids is 1. The van der Waals surface area contributed by atoms with Gasteiger partial charge < -0.3 is 5.11 Å². The molecule has 96 valence electrons. The van der Waals surface area contributed by atoms with Gasteiger partial charge >= 0.3 is 5.97 Å². The lowest BCUT2D eigenvalue weighted by molar-refractivity contribution is 0.0691. The summed E-state index contributed by atoms with van der Waals surface area (Å²) in [5.74, 6) is -1.01. The standard InChI is InChI=1S/C13H9ClN2O2S/c14-11-6-5-8(19-11)7-16-10-4-2-1-3-9(10)12(15-16)13(17)18/h1-6H,7H2,(H,17,18). The van der Waals surface area contributed by atoms with Crippen LogP contribution in [0.3, 0.4) is 0 Å². The first-order valence-corrected chi connectivity index (χ1v) is 6.77. The summed E-state index contributed by atoms with van der Waals surface area (Å²) in [7, 11) is 0. The molecule has 0 radical (unpaired) electrons. The molecule has 0 bridgehead atoms. The molecule has 0 fully saturated rings. The summed E-state index contributed by atoms with van der Waals surface area (Å²) in [5, 5.41) is 14.0. The van der Waals surface area contributed by atoms with Crippen LogP contribution < -0.4 is 0 Å². The number of hydrogen-bond acceptors (Lipinski definition) is 3. The van der Waals surface area contributed by atoms with Gasteiger partial charge in [-0.2, -0.15) is 5.10 Å². The van der Waals surface area contributed by atoms with Gasteiger partial charge in [0.15, 0.2) is 5.69 Å². The number of carboxylic acid groups (broad SMARTS) is 1. The second-order valence-electron chi connectivity index (χ2n) is 4.03. The van der Waals surface area contributed by atoms with Gasteiger partial charge in [-0.05, 0) is 18.2 Å². The number of thiophene rings is 1.